The van der Waals surface area contributed by atoms with Gasteiger partial charge in [0.15, 0.2) is 10.9 Å². The van der Waals surface area contributed by atoms with E-state index in [2.05, 4.69) is 10.3 Å². The highest BCUT2D eigenvalue weighted by Gasteiger charge is 2.17. The van der Waals surface area contributed by atoms with Crippen molar-refractivity contribution < 1.29 is 19.6 Å². The number of phenols is 1. The molecular formula is C21H17N3O5S. The summed E-state index contributed by atoms with van der Waals surface area (Å²) in [6, 6.07) is 10.5. The van der Waals surface area contributed by atoms with Crippen LogP contribution in [0.25, 0.3) is 6.08 Å². The number of anilines is 1. The lowest BCUT2D eigenvalue weighted by atomic mass is 10.1. The van der Waals surface area contributed by atoms with E-state index in [0.717, 1.165) is 16.9 Å². The first-order valence-electron chi connectivity index (χ1n) is 8.80. The number of nitro groups is 1. The molecule has 0 aliphatic rings. The Labute approximate surface area is 175 Å². The van der Waals surface area contributed by atoms with Crippen LogP contribution < -0.4 is 5.32 Å². The average Bonchev–Trinajstić information content (AvgIpc) is 3.07. The number of carbonyl (C=O) groups excluding carboxylic acids is 2. The van der Waals surface area contributed by atoms with Gasteiger partial charge in [-0.15, -0.1) is 0 Å². The Hall–Kier alpha value is -3.85. The van der Waals surface area contributed by atoms with Gasteiger partial charge in [-0.3, -0.25) is 25.0 Å². The molecule has 0 aliphatic heterocycles. The van der Waals surface area contributed by atoms with Gasteiger partial charge in [0.1, 0.15) is 5.75 Å². The minimum atomic E-state index is -0.509. The molecule has 9 heteroatoms. The van der Waals surface area contributed by atoms with Gasteiger partial charge in [-0.05, 0) is 49.8 Å². The van der Waals surface area contributed by atoms with Crippen molar-refractivity contribution in [1.29, 1.82) is 0 Å². The number of rotatable bonds is 6. The van der Waals surface area contributed by atoms with E-state index < -0.39 is 10.8 Å². The molecule has 0 atom stereocenters. The summed E-state index contributed by atoms with van der Waals surface area (Å²) < 4.78 is 0. The third-order valence-electron chi connectivity index (χ3n) is 4.22. The lowest BCUT2D eigenvalue weighted by Crippen LogP contribution is -2.12. The van der Waals surface area contributed by atoms with Crippen LogP contribution in [0, 0.1) is 24.0 Å². The van der Waals surface area contributed by atoms with Crippen molar-refractivity contribution in [1.82, 2.24) is 4.98 Å². The second kappa shape index (κ2) is 8.66. The number of amides is 1. The molecule has 0 spiro atoms. The lowest BCUT2D eigenvalue weighted by molar-refractivity contribution is -0.385. The van der Waals surface area contributed by atoms with E-state index in [1.165, 1.54) is 36.4 Å². The van der Waals surface area contributed by atoms with E-state index in [0.29, 0.717) is 16.1 Å². The summed E-state index contributed by atoms with van der Waals surface area (Å²) in [6.07, 6.45) is 3.02. The quantitative estimate of drug-likeness (QED) is 0.260. The van der Waals surface area contributed by atoms with Gasteiger partial charge in [-0.2, -0.15) is 0 Å². The summed E-state index contributed by atoms with van der Waals surface area (Å²) >= 11 is 1.05. The van der Waals surface area contributed by atoms with E-state index in [1.807, 2.05) is 0 Å². The van der Waals surface area contributed by atoms with Crippen molar-refractivity contribution in [2.75, 3.05) is 5.32 Å². The number of allylic oxidation sites excluding steroid dienone is 1. The highest BCUT2D eigenvalue weighted by Crippen LogP contribution is 2.25. The van der Waals surface area contributed by atoms with Gasteiger partial charge in [0.2, 0.25) is 0 Å². The fourth-order valence-corrected chi connectivity index (χ4v) is 3.56. The zero-order valence-electron chi connectivity index (χ0n) is 16.1. The second-order valence-corrected chi connectivity index (χ2v) is 7.43. The van der Waals surface area contributed by atoms with Crippen molar-refractivity contribution in [3.63, 3.8) is 0 Å². The molecule has 8 nitrogen and oxygen atoms in total. The number of hydrogen-bond acceptors (Lipinski definition) is 7. The van der Waals surface area contributed by atoms with E-state index >= 15 is 0 Å². The highest BCUT2D eigenvalue weighted by molar-refractivity contribution is 7.18. The Balaban J connectivity index is 1.73. The number of nitro benzene ring substituents is 1. The molecular weight excluding hydrogens is 406 g/mol. The summed E-state index contributed by atoms with van der Waals surface area (Å²) in [6.45, 7) is 3.23. The first-order valence-corrected chi connectivity index (χ1v) is 9.61. The Kier molecular flexibility index (Phi) is 6.03. The van der Waals surface area contributed by atoms with Gasteiger partial charge in [-0.1, -0.05) is 29.5 Å². The van der Waals surface area contributed by atoms with Crippen LogP contribution in [0.15, 0.2) is 48.5 Å². The summed E-state index contributed by atoms with van der Waals surface area (Å²) in [7, 11) is 0. The Morgan fingerprint density at radius 2 is 1.87 bits per heavy atom. The molecule has 3 rings (SSSR count). The van der Waals surface area contributed by atoms with Crippen LogP contribution in [0.2, 0.25) is 0 Å². The monoisotopic (exact) mass is 423 g/mol. The van der Waals surface area contributed by atoms with Crippen molar-refractivity contribution in [3.8, 4) is 5.75 Å². The number of thiazole rings is 1. The van der Waals surface area contributed by atoms with E-state index in [4.69, 9.17) is 0 Å². The number of aromatic hydroxyl groups is 1. The first kappa shape index (κ1) is 20.9. The molecule has 0 aliphatic carbocycles. The van der Waals surface area contributed by atoms with Crippen LogP contribution in [0.5, 0.6) is 5.75 Å². The number of nitrogens with zero attached hydrogens (tertiary/aromatic N) is 2. The molecule has 0 saturated carbocycles. The molecule has 2 N–H and O–H groups in total. The molecule has 0 bridgehead atoms. The molecule has 1 aromatic heterocycles. The third-order valence-corrected chi connectivity index (χ3v) is 5.30. The van der Waals surface area contributed by atoms with Crippen LogP contribution in [0.3, 0.4) is 0 Å². The van der Waals surface area contributed by atoms with Gasteiger partial charge in [0, 0.05) is 17.2 Å². The van der Waals surface area contributed by atoms with Crippen LogP contribution in [-0.2, 0) is 0 Å². The average molecular weight is 423 g/mol. The standard InChI is InChI=1S/C21H17N3O5S/c1-12-11-15(6-9-17(12)24(28)29)20(27)23-21-22-13(2)19(30-21)18(26)10-5-14-3-7-16(25)8-4-14/h3-11,25H,1-2H3,(H,22,23,27). The first-order chi connectivity index (χ1) is 14.2. The fraction of sp³-hybridized carbons (Fsp3) is 0.0952. The molecule has 0 saturated heterocycles. The maximum absolute atomic E-state index is 12.5. The molecule has 0 unspecified atom stereocenters. The van der Waals surface area contributed by atoms with E-state index in [1.54, 1.807) is 32.1 Å². The maximum atomic E-state index is 12.5. The van der Waals surface area contributed by atoms with Crippen molar-refractivity contribution in [2.45, 2.75) is 13.8 Å². The van der Waals surface area contributed by atoms with E-state index in [-0.39, 0.29) is 27.9 Å². The normalized spacial score (nSPS) is 10.9. The minimum absolute atomic E-state index is 0.0649. The van der Waals surface area contributed by atoms with Gasteiger partial charge >= 0.3 is 0 Å². The largest absolute Gasteiger partial charge is 0.508 e. The number of carbonyl (C=O) groups is 2. The molecule has 30 heavy (non-hydrogen) atoms. The number of phenolic OH excluding ortho intramolecular Hbond substituents is 1. The summed E-state index contributed by atoms with van der Waals surface area (Å²) in [4.78, 5) is 39.9. The SMILES string of the molecule is Cc1cc(C(=O)Nc2nc(C)c(C(=O)C=Cc3ccc(O)cc3)s2)ccc1[N+](=O)[O-]. The zero-order chi connectivity index (χ0) is 21.8. The minimum Gasteiger partial charge on any atom is -0.508 e. The number of nitrogens with one attached hydrogen (secondary N) is 1. The topological polar surface area (TPSA) is 122 Å². The molecule has 2 aromatic carbocycles. The van der Waals surface area contributed by atoms with Gasteiger partial charge in [0.05, 0.1) is 15.5 Å². The van der Waals surface area contributed by atoms with Gasteiger partial charge < -0.3 is 5.11 Å². The molecule has 152 valence electrons. The van der Waals surface area contributed by atoms with Gasteiger partial charge in [0.25, 0.3) is 11.6 Å². The van der Waals surface area contributed by atoms with Crippen LogP contribution in [-0.4, -0.2) is 26.7 Å². The van der Waals surface area contributed by atoms with Crippen molar-refractivity contribution in [2.24, 2.45) is 0 Å². The highest BCUT2D eigenvalue weighted by atomic mass is 32.1. The summed E-state index contributed by atoms with van der Waals surface area (Å²) in [5.74, 6) is -0.592. The molecule has 0 fully saturated rings. The number of ketones is 1. The lowest BCUT2D eigenvalue weighted by Gasteiger charge is -2.03. The summed E-state index contributed by atoms with van der Waals surface area (Å²) in [5.41, 5.74) is 1.80. The van der Waals surface area contributed by atoms with Crippen LogP contribution in [0.1, 0.15) is 36.9 Å². The smallest absolute Gasteiger partial charge is 0.272 e. The van der Waals surface area contributed by atoms with Crippen molar-refractivity contribution >= 4 is 39.9 Å². The zero-order valence-corrected chi connectivity index (χ0v) is 16.9. The van der Waals surface area contributed by atoms with Crippen molar-refractivity contribution in [3.05, 3.63) is 85.9 Å². The summed E-state index contributed by atoms with van der Waals surface area (Å²) in [5, 5.41) is 23.1. The molecule has 1 amide bonds. The molecule has 0 radical (unpaired) electrons. The Morgan fingerprint density at radius 1 is 1.17 bits per heavy atom. The van der Waals surface area contributed by atoms with Gasteiger partial charge in [-0.25, -0.2) is 4.98 Å². The fourth-order valence-electron chi connectivity index (χ4n) is 2.68. The van der Waals surface area contributed by atoms with E-state index in [9.17, 15) is 24.8 Å². The third kappa shape index (κ3) is 4.76. The Bertz CT molecular complexity index is 1170. The van der Waals surface area contributed by atoms with Crippen LogP contribution >= 0.6 is 11.3 Å². The predicted octanol–water partition coefficient (Wildman–Crippen LogP) is 4.52. The predicted molar refractivity (Wildman–Crippen MR) is 114 cm³/mol. The number of aryl methyl sites for hydroxylation is 2. The number of aromatic nitrogens is 1. The number of benzene rings is 2. The second-order valence-electron chi connectivity index (χ2n) is 6.44. The molecule has 3 aromatic rings. The Morgan fingerprint density at radius 3 is 2.50 bits per heavy atom. The van der Waals surface area contributed by atoms with Crippen LogP contribution in [0.4, 0.5) is 10.8 Å². The molecule has 1 heterocycles. The maximum Gasteiger partial charge on any atom is 0.272 e. The number of hydrogen-bond donors (Lipinski definition) is 2.